The van der Waals surface area contributed by atoms with Crippen LogP contribution in [0.4, 0.5) is 10.1 Å². The summed E-state index contributed by atoms with van der Waals surface area (Å²) in [5.41, 5.74) is 4.14. The second-order valence-electron chi connectivity index (χ2n) is 11.8. The number of benzene rings is 2. The van der Waals surface area contributed by atoms with Crippen molar-refractivity contribution < 1.29 is 26.0 Å². The zero-order valence-electron chi connectivity index (χ0n) is 25.1. The number of nitrogens with zero attached hydrogens (tertiary/aromatic N) is 6. The number of aryl methyl sites for hydroxylation is 2. The van der Waals surface area contributed by atoms with Crippen molar-refractivity contribution in [3.8, 4) is 11.3 Å². The highest BCUT2D eigenvalue weighted by atomic mass is 32.2. The van der Waals surface area contributed by atoms with Crippen LogP contribution in [0.5, 0.6) is 0 Å². The van der Waals surface area contributed by atoms with Crippen LogP contribution in [0.1, 0.15) is 36.6 Å². The van der Waals surface area contributed by atoms with Gasteiger partial charge in [-0.05, 0) is 56.4 Å². The largest absolute Gasteiger partial charge is 0.381 e. The van der Waals surface area contributed by atoms with E-state index in [4.69, 9.17) is 9.72 Å². The van der Waals surface area contributed by atoms with Gasteiger partial charge in [0, 0.05) is 50.4 Å². The lowest BCUT2D eigenvalue weighted by molar-refractivity contribution is 0.0548. The van der Waals surface area contributed by atoms with Gasteiger partial charge >= 0.3 is 0 Å². The molecule has 2 aliphatic heterocycles. The number of sulfonamides is 1. The van der Waals surface area contributed by atoms with E-state index in [0.717, 1.165) is 11.9 Å². The number of ether oxygens (including phenoxy) is 1. The van der Waals surface area contributed by atoms with Gasteiger partial charge in [-0.2, -0.15) is 0 Å². The van der Waals surface area contributed by atoms with Gasteiger partial charge in [0.1, 0.15) is 5.82 Å². The average Bonchev–Trinajstić information content (AvgIpc) is 3.65. The number of aromatic nitrogens is 5. The Morgan fingerprint density at radius 2 is 1.87 bits per heavy atom. The lowest BCUT2D eigenvalue weighted by atomic mass is 9.86. The van der Waals surface area contributed by atoms with Gasteiger partial charge in [0.25, 0.3) is 0 Å². The molecule has 0 N–H and O–H groups in total. The van der Waals surface area contributed by atoms with Crippen LogP contribution in [0.3, 0.4) is 0 Å². The van der Waals surface area contributed by atoms with Gasteiger partial charge in [-0.15, -0.1) is 5.10 Å². The maximum atomic E-state index is 15.9. The molecular formula is C31H33FN6O5S2. The Labute approximate surface area is 260 Å². The van der Waals surface area contributed by atoms with Crippen LogP contribution in [0.2, 0.25) is 0 Å². The molecule has 2 aliphatic rings. The summed E-state index contributed by atoms with van der Waals surface area (Å²) in [4.78, 5) is 4.91. The minimum absolute atomic E-state index is 0.00870. The van der Waals surface area contributed by atoms with Crippen molar-refractivity contribution in [2.75, 3.05) is 36.1 Å². The van der Waals surface area contributed by atoms with Gasteiger partial charge in [-0.3, -0.25) is 9.29 Å². The number of sulfone groups is 1. The summed E-state index contributed by atoms with van der Waals surface area (Å²) in [7, 11) is -5.72. The molecule has 2 aromatic carbocycles. The second kappa shape index (κ2) is 10.9. The molecule has 14 heteroatoms. The van der Waals surface area contributed by atoms with Crippen molar-refractivity contribution in [1.29, 1.82) is 0 Å². The Hall–Kier alpha value is -3.88. The smallest absolute Gasteiger partial charge is 0.235 e. The third-order valence-corrected chi connectivity index (χ3v) is 12.0. The number of rotatable bonds is 6. The van der Waals surface area contributed by atoms with Gasteiger partial charge < -0.3 is 9.30 Å². The zero-order valence-corrected chi connectivity index (χ0v) is 26.8. The molecule has 11 nitrogen and oxygen atoms in total. The van der Waals surface area contributed by atoms with Crippen LogP contribution in [0, 0.1) is 18.7 Å². The Balaban J connectivity index is 1.68. The molecule has 236 valence electrons. The van der Waals surface area contributed by atoms with E-state index >= 15 is 4.39 Å². The molecule has 5 aromatic rings. The number of fused-ring (bicyclic) bond motifs is 3. The normalized spacial score (nSPS) is 18.3. The Bertz CT molecular complexity index is 2170. The van der Waals surface area contributed by atoms with E-state index in [1.54, 1.807) is 42.2 Å². The molecule has 0 aliphatic carbocycles. The van der Waals surface area contributed by atoms with Gasteiger partial charge in [0.2, 0.25) is 10.0 Å². The SMILES string of the molecule is Cc1nnn(C)c1-c1cnc2c3c(N4CCCS4(=O)=O)ccc(S(C)(=O)=O)c3n([C@H](c3ccccc3F)C3CCOCC3)c2c1. The Morgan fingerprint density at radius 1 is 1.11 bits per heavy atom. The van der Waals surface area contributed by atoms with Gasteiger partial charge in [-0.25, -0.2) is 25.9 Å². The van der Waals surface area contributed by atoms with Crippen molar-refractivity contribution in [2.45, 2.75) is 37.1 Å². The first kappa shape index (κ1) is 29.8. The van der Waals surface area contributed by atoms with Crippen LogP contribution in [-0.2, 0) is 31.6 Å². The first-order valence-corrected chi connectivity index (χ1v) is 18.3. The first-order valence-electron chi connectivity index (χ1n) is 14.8. The third-order valence-electron chi connectivity index (χ3n) is 8.97. The maximum absolute atomic E-state index is 15.9. The van der Waals surface area contributed by atoms with E-state index in [1.807, 2.05) is 17.6 Å². The fraction of sp³-hybridized carbons (Fsp3) is 0.387. The van der Waals surface area contributed by atoms with Crippen molar-refractivity contribution >= 4 is 47.5 Å². The average molecular weight is 653 g/mol. The quantitative estimate of drug-likeness (QED) is 0.264. The van der Waals surface area contributed by atoms with Crippen LogP contribution >= 0.6 is 0 Å². The first-order chi connectivity index (χ1) is 21.5. The monoisotopic (exact) mass is 652 g/mol. The van der Waals surface area contributed by atoms with Gasteiger partial charge in [-0.1, -0.05) is 23.4 Å². The molecule has 2 saturated heterocycles. The number of pyridine rings is 1. The molecule has 1 atom stereocenters. The Morgan fingerprint density at radius 3 is 2.51 bits per heavy atom. The third kappa shape index (κ3) is 4.90. The number of hydrogen-bond donors (Lipinski definition) is 0. The lowest BCUT2D eigenvalue weighted by Crippen LogP contribution is -2.28. The summed E-state index contributed by atoms with van der Waals surface area (Å²) in [5, 5.41) is 8.75. The molecule has 0 bridgehead atoms. The van der Waals surface area contributed by atoms with Crippen LogP contribution in [0.25, 0.3) is 33.2 Å². The fourth-order valence-corrected chi connectivity index (χ4v) is 9.47. The molecule has 45 heavy (non-hydrogen) atoms. The maximum Gasteiger partial charge on any atom is 0.235 e. The molecular weight excluding hydrogens is 620 g/mol. The molecule has 0 spiro atoms. The van der Waals surface area contributed by atoms with E-state index in [9.17, 15) is 16.8 Å². The fourth-order valence-electron chi connectivity index (χ4n) is 7.03. The lowest BCUT2D eigenvalue weighted by Gasteiger charge is -2.33. The van der Waals surface area contributed by atoms with Crippen LogP contribution in [-0.4, -0.2) is 73.1 Å². The number of hydrogen-bond acceptors (Lipinski definition) is 8. The van der Waals surface area contributed by atoms with E-state index in [0.29, 0.717) is 76.9 Å². The standard InChI is InChI=1S/C31H33FN6O5S2/c1-19-29(36(2)35-34-19)21-17-25-28(33-18-21)27-24(37-13-6-16-45(37,41)42)9-10-26(44(3,39)40)31(27)38(25)30(20-11-14-43-15-12-20)22-7-4-5-8-23(22)32/h4-5,7-10,17-18,20,30H,6,11-16H2,1-3H3/t30-/m0/s1. The number of anilines is 1. The highest BCUT2D eigenvalue weighted by molar-refractivity contribution is 7.93. The van der Waals surface area contributed by atoms with E-state index in [1.165, 1.54) is 16.4 Å². The molecule has 0 amide bonds. The highest BCUT2D eigenvalue weighted by Crippen LogP contribution is 2.47. The van der Waals surface area contributed by atoms with Crippen molar-refractivity contribution in [3.63, 3.8) is 0 Å². The van der Waals surface area contributed by atoms with Crippen LogP contribution < -0.4 is 4.31 Å². The van der Waals surface area contributed by atoms with E-state index in [2.05, 4.69) is 10.3 Å². The van der Waals surface area contributed by atoms with Crippen molar-refractivity contribution in [3.05, 3.63) is 65.7 Å². The predicted octanol–water partition coefficient (Wildman–Crippen LogP) is 4.39. The van der Waals surface area contributed by atoms with E-state index < -0.39 is 31.7 Å². The van der Waals surface area contributed by atoms with Crippen LogP contribution in [0.15, 0.2) is 53.6 Å². The van der Waals surface area contributed by atoms with Gasteiger partial charge in [0.15, 0.2) is 9.84 Å². The summed E-state index contributed by atoms with van der Waals surface area (Å²) < 4.78 is 80.0. The molecule has 0 unspecified atom stereocenters. The molecule has 0 radical (unpaired) electrons. The second-order valence-corrected chi connectivity index (χ2v) is 15.8. The van der Waals surface area contributed by atoms with E-state index in [-0.39, 0.29) is 23.1 Å². The summed E-state index contributed by atoms with van der Waals surface area (Å²) >= 11 is 0. The molecule has 2 fully saturated rings. The molecule has 5 heterocycles. The molecule has 7 rings (SSSR count). The summed E-state index contributed by atoms with van der Waals surface area (Å²) in [6.45, 7) is 3.06. The summed E-state index contributed by atoms with van der Waals surface area (Å²) in [5.74, 6) is -0.547. The summed E-state index contributed by atoms with van der Waals surface area (Å²) in [6.07, 6.45) is 4.48. The zero-order chi connectivity index (χ0) is 31.7. The molecule has 3 aromatic heterocycles. The predicted molar refractivity (Wildman–Crippen MR) is 169 cm³/mol. The van der Waals surface area contributed by atoms with Crippen molar-refractivity contribution in [1.82, 2.24) is 24.5 Å². The number of halogens is 1. The highest BCUT2D eigenvalue weighted by Gasteiger charge is 2.37. The summed E-state index contributed by atoms with van der Waals surface area (Å²) in [6, 6.07) is 10.8. The molecule has 0 saturated carbocycles. The minimum Gasteiger partial charge on any atom is -0.381 e. The Kier molecular flexibility index (Phi) is 7.21. The van der Waals surface area contributed by atoms with Gasteiger partial charge in [0.05, 0.1) is 55.7 Å². The topological polar surface area (TPSA) is 129 Å². The van der Waals surface area contributed by atoms with Crippen molar-refractivity contribution in [2.24, 2.45) is 13.0 Å². The minimum atomic E-state index is -3.85.